The number of para-hydroxylation sites is 1. The second-order valence-corrected chi connectivity index (χ2v) is 5.77. The van der Waals surface area contributed by atoms with Crippen molar-refractivity contribution in [3.05, 3.63) is 29.8 Å². The highest BCUT2D eigenvalue weighted by atomic mass is 16.3. The number of nitrogens with one attached hydrogen (secondary N) is 1. The standard InChI is InChI=1S/C15H22N2O2/c1-11(2)15(19)9-17(10-15)8-14(18)16-13-7-5-4-6-12(13)3/h4-7,11,19H,8-10H2,1-3H3,(H,16,18). The van der Waals surface area contributed by atoms with E-state index in [1.54, 1.807) is 0 Å². The molecule has 0 unspecified atom stereocenters. The van der Waals surface area contributed by atoms with E-state index in [1.165, 1.54) is 0 Å². The van der Waals surface area contributed by atoms with E-state index in [0.29, 0.717) is 19.6 Å². The number of likely N-dealkylation sites (tertiary alicyclic amines) is 1. The Hall–Kier alpha value is -1.39. The quantitative estimate of drug-likeness (QED) is 0.867. The number of benzene rings is 1. The summed E-state index contributed by atoms with van der Waals surface area (Å²) in [4.78, 5) is 13.9. The molecular formula is C15H22N2O2. The third-order valence-corrected chi connectivity index (χ3v) is 3.86. The summed E-state index contributed by atoms with van der Waals surface area (Å²) in [5, 5.41) is 13.0. The lowest BCUT2D eigenvalue weighted by atomic mass is 9.83. The molecule has 1 heterocycles. The van der Waals surface area contributed by atoms with Gasteiger partial charge in [0.25, 0.3) is 0 Å². The molecule has 4 heteroatoms. The van der Waals surface area contributed by atoms with Crippen molar-refractivity contribution < 1.29 is 9.90 Å². The SMILES string of the molecule is Cc1ccccc1NC(=O)CN1CC(O)(C(C)C)C1. The number of hydrogen-bond donors (Lipinski definition) is 2. The number of hydrogen-bond acceptors (Lipinski definition) is 3. The van der Waals surface area contributed by atoms with Crippen LogP contribution < -0.4 is 5.32 Å². The molecule has 1 saturated heterocycles. The van der Waals surface area contributed by atoms with E-state index in [4.69, 9.17) is 0 Å². The van der Waals surface area contributed by atoms with E-state index in [2.05, 4.69) is 5.32 Å². The van der Waals surface area contributed by atoms with Gasteiger partial charge in [0.2, 0.25) is 5.91 Å². The Morgan fingerprint density at radius 3 is 2.63 bits per heavy atom. The van der Waals surface area contributed by atoms with Gasteiger partial charge in [0.15, 0.2) is 0 Å². The van der Waals surface area contributed by atoms with Crippen molar-refractivity contribution in [2.45, 2.75) is 26.4 Å². The van der Waals surface area contributed by atoms with Crippen LogP contribution in [0, 0.1) is 12.8 Å². The molecule has 1 aromatic rings. The van der Waals surface area contributed by atoms with Crippen LogP contribution in [0.15, 0.2) is 24.3 Å². The number of anilines is 1. The maximum atomic E-state index is 11.9. The number of β-amino-alcohol motifs (C(OH)–C–C–N with tert-alkyl or cyclic N) is 1. The lowest BCUT2D eigenvalue weighted by Crippen LogP contribution is -2.65. The van der Waals surface area contributed by atoms with Crippen molar-refractivity contribution in [3.8, 4) is 0 Å². The fourth-order valence-electron chi connectivity index (χ4n) is 2.31. The lowest BCUT2D eigenvalue weighted by Gasteiger charge is -2.48. The van der Waals surface area contributed by atoms with Crippen molar-refractivity contribution in [2.24, 2.45) is 5.92 Å². The first-order valence-corrected chi connectivity index (χ1v) is 6.71. The summed E-state index contributed by atoms with van der Waals surface area (Å²) >= 11 is 0. The van der Waals surface area contributed by atoms with Gasteiger partial charge in [-0.15, -0.1) is 0 Å². The van der Waals surface area contributed by atoms with E-state index in [1.807, 2.05) is 49.9 Å². The van der Waals surface area contributed by atoms with Crippen LogP contribution in [0.4, 0.5) is 5.69 Å². The molecule has 0 atom stereocenters. The number of aliphatic hydroxyl groups is 1. The Kier molecular flexibility index (Phi) is 3.92. The van der Waals surface area contributed by atoms with Gasteiger partial charge in [-0.05, 0) is 24.5 Å². The first kappa shape index (κ1) is 14.0. The monoisotopic (exact) mass is 262 g/mol. The third-order valence-electron chi connectivity index (χ3n) is 3.86. The predicted octanol–water partition coefficient (Wildman–Crippen LogP) is 1.64. The van der Waals surface area contributed by atoms with Gasteiger partial charge >= 0.3 is 0 Å². The topological polar surface area (TPSA) is 52.6 Å². The summed E-state index contributed by atoms with van der Waals surface area (Å²) in [6.45, 7) is 7.47. The third kappa shape index (κ3) is 3.14. The summed E-state index contributed by atoms with van der Waals surface area (Å²) in [6, 6.07) is 7.72. The van der Waals surface area contributed by atoms with Crippen LogP contribution in [0.5, 0.6) is 0 Å². The Balaban J connectivity index is 1.83. The molecule has 1 amide bonds. The van der Waals surface area contributed by atoms with Crippen molar-refractivity contribution >= 4 is 11.6 Å². The molecule has 1 aliphatic rings. The summed E-state index contributed by atoms with van der Waals surface area (Å²) < 4.78 is 0. The molecule has 19 heavy (non-hydrogen) atoms. The molecule has 4 nitrogen and oxygen atoms in total. The van der Waals surface area contributed by atoms with E-state index in [-0.39, 0.29) is 11.8 Å². The molecular weight excluding hydrogens is 240 g/mol. The molecule has 2 rings (SSSR count). The second kappa shape index (κ2) is 5.31. The normalized spacial score (nSPS) is 18.2. The van der Waals surface area contributed by atoms with Crippen molar-refractivity contribution in [2.75, 3.05) is 25.0 Å². The van der Waals surface area contributed by atoms with Gasteiger partial charge in [-0.1, -0.05) is 32.0 Å². The largest absolute Gasteiger partial charge is 0.387 e. The van der Waals surface area contributed by atoms with Gasteiger partial charge < -0.3 is 10.4 Å². The highest BCUT2D eigenvalue weighted by molar-refractivity contribution is 5.93. The maximum Gasteiger partial charge on any atom is 0.238 e. The average molecular weight is 262 g/mol. The average Bonchev–Trinajstić information content (AvgIpc) is 2.29. The summed E-state index contributed by atoms with van der Waals surface area (Å²) in [7, 11) is 0. The number of nitrogens with zero attached hydrogens (tertiary/aromatic N) is 1. The molecule has 104 valence electrons. The Morgan fingerprint density at radius 1 is 1.42 bits per heavy atom. The van der Waals surface area contributed by atoms with Crippen LogP contribution in [0.2, 0.25) is 0 Å². The van der Waals surface area contributed by atoms with Crippen LogP contribution in [0.25, 0.3) is 0 Å². The molecule has 0 bridgehead atoms. The minimum atomic E-state index is -0.622. The van der Waals surface area contributed by atoms with Crippen LogP contribution in [0.3, 0.4) is 0 Å². The Bertz CT molecular complexity index is 465. The van der Waals surface area contributed by atoms with Gasteiger partial charge in [-0.25, -0.2) is 0 Å². The first-order chi connectivity index (χ1) is 8.90. The molecule has 0 saturated carbocycles. The summed E-state index contributed by atoms with van der Waals surface area (Å²) in [5.74, 6) is 0.197. The molecule has 1 fully saturated rings. The molecule has 1 aromatic carbocycles. The lowest BCUT2D eigenvalue weighted by molar-refractivity contribution is -0.139. The predicted molar refractivity (Wildman–Crippen MR) is 76.0 cm³/mol. The summed E-state index contributed by atoms with van der Waals surface area (Å²) in [5.41, 5.74) is 1.29. The summed E-state index contributed by atoms with van der Waals surface area (Å²) in [6.07, 6.45) is 0. The van der Waals surface area contributed by atoms with Crippen molar-refractivity contribution in [1.82, 2.24) is 4.90 Å². The Morgan fingerprint density at radius 2 is 2.05 bits per heavy atom. The fourth-order valence-corrected chi connectivity index (χ4v) is 2.31. The van der Waals surface area contributed by atoms with Crippen LogP contribution in [0.1, 0.15) is 19.4 Å². The zero-order chi connectivity index (χ0) is 14.0. The number of amides is 1. The van der Waals surface area contributed by atoms with E-state index in [9.17, 15) is 9.90 Å². The van der Waals surface area contributed by atoms with Crippen molar-refractivity contribution in [3.63, 3.8) is 0 Å². The van der Waals surface area contributed by atoms with Crippen LogP contribution in [-0.2, 0) is 4.79 Å². The smallest absolute Gasteiger partial charge is 0.238 e. The highest BCUT2D eigenvalue weighted by Gasteiger charge is 2.43. The van der Waals surface area contributed by atoms with Crippen molar-refractivity contribution in [1.29, 1.82) is 0 Å². The van der Waals surface area contributed by atoms with Crippen LogP contribution >= 0.6 is 0 Å². The number of rotatable bonds is 4. The second-order valence-electron chi connectivity index (χ2n) is 5.77. The van der Waals surface area contributed by atoms with E-state index < -0.39 is 5.60 Å². The van der Waals surface area contributed by atoms with E-state index in [0.717, 1.165) is 11.3 Å². The zero-order valence-electron chi connectivity index (χ0n) is 11.8. The number of carbonyl (C=O) groups excluding carboxylic acids is 1. The van der Waals surface area contributed by atoms with Crippen LogP contribution in [-0.4, -0.2) is 41.1 Å². The van der Waals surface area contributed by atoms with Gasteiger partial charge in [-0.2, -0.15) is 0 Å². The molecule has 0 aromatic heterocycles. The molecule has 0 radical (unpaired) electrons. The maximum absolute atomic E-state index is 11.9. The minimum Gasteiger partial charge on any atom is -0.387 e. The zero-order valence-corrected chi connectivity index (χ0v) is 11.8. The molecule has 1 aliphatic heterocycles. The number of aryl methyl sites for hydroxylation is 1. The van der Waals surface area contributed by atoms with E-state index >= 15 is 0 Å². The van der Waals surface area contributed by atoms with Gasteiger partial charge in [-0.3, -0.25) is 9.69 Å². The first-order valence-electron chi connectivity index (χ1n) is 6.71. The molecule has 0 aliphatic carbocycles. The molecule has 0 spiro atoms. The fraction of sp³-hybridized carbons (Fsp3) is 0.533. The van der Waals surface area contributed by atoms with Gasteiger partial charge in [0, 0.05) is 18.8 Å². The Labute approximate surface area is 114 Å². The molecule has 2 N–H and O–H groups in total. The van der Waals surface area contributed by atoms with Gasteiger partial charge in [0.1, 0.15) is 0 Å². The minimum absolute atomic E-state index is 0.0277. The number of carbonyl (C=O) groups is 1. The van der Waals surface area contributed by atoms with Gasteiger partial charge in [0.05, 0.1) is 12.1 Å². The highest BCUT2D eigenvalue weighted by Crippen LogP contribution is 2.28.